The van der Waals surface area contributed by atoms with Gasteiger partial charge in [-0.05, 0) is 30.9 Å². The minimum Gasteiger partial charge on any atom is -0.426 e. The van der Waals surface area contributed by atoms with Crippen LogP contribution >= 0.6 is 0 Å². The second kappa shape index (κ2) is 7.94. The van der Waals surface area contributed by atoms with Gasteiger partial charge in [-0.2, -0.15) is 0 Å². The summed E-state index contributed by atoms with van der Waals surface area (Å²) in [6.07, 6.45) is 0.397. The van der Waals surface area contributed by atoms with Gasteiger partial charge in [-0.25, -0.2) is 4.79 Å². The van der Waals surface area contributed by atoms with Crippen LogP contribution in [0.25, 0.3) is 0 Å². The summed E-state index contributed by atoms with van der Waals surface area (Å²) in [5.41, 5.74) is 1.89. The van der Waals surface area contributed by atoms with E-state index < -0.39 is 36.9 Å². The molecule has 1 aliphatic heterocycles. The number of nitrogens with one attached hydrogen (secondary N) is 3. The molecule has 2 rings (SSSR count). The molecule has 0 unspecified atom stereocenters. The standard InChI is InChI=1S/C15H20BN3O5/c1-9-4-2-3-5-10(9)8-12(16(23)24)18-13(20)7-6-11-14(21)19-15(22)17-11/h2-5,11-12,23-24H,6-8H2,1H3,(H,18,20)(H2,17,19,21,22)/t11-,12-/m0/s1. The van der Waals surface area contributed by atoms with Gasteiger partial charge >= 0.3 is 13.1 Å². The predicted molar refractivity (Wildman–Crippen MR) is 86.7 cm³/mol. The van der Waals surface area contributed by atoms with Crippen LogP contribution < -0.4 is 16.0 Å². The van der Waals surface area contributed by atoms with Gasteiger partial charge in [0.15, 0.2) is 0 Å². The molecule has 24 heavy (non-hydrogen) atoms. The lowest BCUT2D eigenvalue weighted by Gasteiger charge is -2.19. The summed E-state index contributed by atoms with van der Waals surface area (Å²) in [6, 6.07) is 6.16. The molecule has 1 heterocycles. The number of benzene rings is 1. The fraction of sp³-hybridized carbons (Fsp3) is 0.400. The highest BCUT2D eigenvalue weighted by atomic mass is 16.4. The van der Waals surface area contributed by atoms with Crippen molar-refractivity contribution in [2.75, 3.05) is 0 Å². The average molecular weight is 333 g/mol. The fourth-order valence-corrected chi connectivity index (χ4v) is 2.52. The van der Waals surface area contributed by atoms with E-state index in [0.717, 1.165) is 11.1 Å². The van der Waals surface area contributed by atoms with Gasteiger partial charge in [-0.15, -0.1) is 0 Å². The highest BCUT2D eigenvalue weighted by Crippen LogP contribution is 2.11. The number of rotatable bonds is 7. The zero-order valence-electron chi connectivity index (χ0n) is 13.3. The maximum absolute atomic E-state index is 12.0. The van der Waals surface area contributed by atoms with Crippen LogP contribution in [0.3, 0.4) is 0 Å². The number of hydrogen-bond donors (Lipinski definition) is 5. The predicted octanol–water partition coefficient (Wildman–Crippen LogP) is -0.977. The third kappa shape index (κ3) is 4.80. The first kappa shape index (κ1) is 18.0. The van der Waals surface area contributed by atoms with Gasteiger partial charge < -0.3 is 20.7 Å². The molecular formula is C15H20BN3O5. The van der Waals surface area contributed by atoms with Crippen molar-refractivity contribution < 1.29 is 24.4 Å². The van der Waals surface area contributed by atoms with E-state index in [9.17, 15) is 24.4 Å². The number of hydrogen-bond acceptors (Lipinski definition) is 5. The van der Waals surface area contributed by atoms with Gasteiger partial charge in [0.05, 0.1) is 5.94 Å². The smallest absolute Gasteiger partial charge is 0.426 e. The Morgan fingerprint density at radius 1 is 1.33 bits per heavy atom. The topological polar surface area (TPSA) is 128 Å². The fourth-order valence-electron chi connectivity index (χ4n) is 2.52. The average Bonchev–Trinajstić information content (AvgIpc) is 2.84. The van der Waals surface area contributed by atoms with E-state index in [-0.39, 0.29) is 19.3 Å². The number of carbonyl (C=O) groups is 3. The Hall–Kier alpha value is -2.39. The number of imide groups is 1. The molecule has 1 aliphatic rings. The molecule has 0 radical (unpaired) electrons. The Morgan fingerprint density at radius 2 is 2.04 bits per heavy atom. The molecule has 8 nitrogen and oxygen atoms in total. The van der Waals surface area contributed by atoms with Gasteiger partial charge in [0.25, 0.3) is 5.91 Å². The Morgan fingerprint density at radius 3 is 2.62 bits per heavy atom. The van der Waals surface area contributed by atoms with E-state index in [4.69, 9.17) is 0 Å². The number of amides is 4. The molecule has 1 fully saturated rings. The summed E-state index contributed by atoms with van der Waals surface area (Å²) in [5, 5.41) is 26.0. The van der Waals surface area contributed by atoms with Crippen molar-refractivity contribution in [1.29, 1.82) is 0 Å². The SMILES string of the molecule is Cc1ccccc1C[C@H](NC(=O)CC[C@@H]1NC(=O)NC1=O)B(O)O. The Kier molecular flexibility index (Phi) is 5.94. The number of carbonyl (C=O) groups excluding carboxylic acids is 3. The molecule has 1 aromatic carbocycles. The molecule has 2 atom stereocenters. The lowest BCUT2D eigenvalue weighted by atomic mass is 9.75. The van der Waals surface area contributed by atoms with Gasteiger partial charge in [0, 0.05) is 6.42 Å². The summed E-state index contributed by atoms with van der Waals surface area (Å²) < 4.78 is 0. The van der Waals surface area contributed by atoms with Gasteiger partial charge in [-0.3, -0.25) is 14.9 Å². The molecule has 0 spiro atoms. The zero-order valence-corrected chi connectivity index (χ0v) is 13.3. The van der Waals surface area contributed by atoms with Crippen LogP contribution in [0.1, 0.15) is 24.0 Å². The maximum Gasteiger partial charge on any atom is 0.475 e. The molecule has 0 saturated carbocycles. The molecule has 128 valence electrons. The first-order valence-electron chi connectivity index (χ1n) is 7.68. The minimum absolute atomic E-state index is 0.0185. The van der Waals surface area contributed by atoms with Crippen molar-refractivity contribution >= 4 is 25.0 Å². The highest BCUT2D eigenvalue weighted by Gasteiger charge is 2.30. The summed E-state index contributed by atoms with van der Waals surface area (Å²) >= 11 is 0. The molecule has 0 bridgehead atoms. The normalized spacial score (nSPS) is 17.9. The van der Waals surface area contributed by atoms with E-state index >= 15 is 0 Å². The summed E-state index contributed by atoms with van der Waals surface area (Å²) in [6.45, 7) is 1.90. The molecule has 5 N–H and O–H groups in total. The van der Waals surface area contributed by atoms with Crippen molar-refractivity contribution in [3.63, 3.8) is 0 Å². The second-order valence-corrected chi connectivity index (χ2v) is 5.77. The van der Waals surface area contributed by atoms with Crippen LogP contribution in [0.5, 0.6) is 0 Å². The van der Waals surface area contributed by atoms with Crippen LogP contribution in [0.4, 0.5) is 4.79 Å². The Balaban J connectivity index is 1.88. The van der Waals surface area contributed by atoms with Crippen LogP contribution in [0.15, 0.2) is 24.3 Å². The van der Waals surface area contributed by atoms with E-state index in [1.54, 1.807) is 0 Å². The molecule has 0 aliphatic carbocycles. The highest BCUT2D eigenvalue weighted by molar-refractivity contribution is 6.43. The summed E-state index contributed by atoms with van der Waals surface area (Å²) in [5.74, 6) is -1.74. The van der Waals surface area contributed by atoms with Crippen molar-refractivity contribution in [1.82, 2.24) is 16.0 Å². The molecule has 0 aromatic heterocycles. The zero-order chi connectivity index (χ0) is 17.7. The Labute approximate surface area is 139 Å². The molecule has 1 saturated heterocycles. The molecule has 9 heteroatoms. The summed E-state index contributed by atoms with van der Waals surface area (Å²) in [4.78, 5) is 34.4. The van der Waals surface area contributed by atoms with Crippen molar-refractivity contribution in [2.45, 2.75) is 38.2 Å². The van der Waals surface area contributed by atoms with Gasteiger partial charge in [-0.1, -0.05) is 24.3 Å². The van der Waals surface area contributed by atoms with Crippen molar-refractivity contribution in [3.05, 3.63) is 35.4 Å². The van der Waals surface area contributed by atoms with Gasteiger partial charge in [0.2, 0.25) is 5.91 Å². The molecule has 1 aromatic rings. The van der Waals surface area contributed by atoms with Crippen LogP contribution in [-0.4, -0.2) is 47.0 Å². The lowest BCUT2D eigenvalue weighted by molar-refractivity contribution is -0.122. The third-order valence-electron chi connectivity index (χ3n) is 3.93. The monoisotopic (exact) mass is 333 g/mol. The quantitative estimate of drug-likeness (QED) is 0.324. The van der Waals surface area contributed by atoms with Gasteiger partial charge in [0.1, 0.15) is 6.04 Å². The van der Waals surface area contributed by atoms with Crippen molar-refractivity contribution in [3.8, 4) is 0 Å². The first-order chi connectivity index (χ1) is 11.4. The Bertz CT molecular complexity index is 637. The summed E-state index contributed by atoms with van der Waals surface area (Å²) in [7, 11) is -1.71. The minimum atomic E-state index is -1.71. The first-order valence-corrected chi connectivity index (χ1v) is 7.68. The molecule has 4 amide bonds. The van der Waals surface area contributed by atoms with Crippen LogP contribution in [0.2, 0.25) is 0 Å². The van der Waals surface area contributed by atoms with Crippen molar-refractivity contribution in [2.24, 2.45) is 0 Å². The van der Waals surface area contributed by atoms with E-state index in [1.165, 1.54) is 0 Å². The number of aryl methyl sites for hydroxylation is 1. The lowest BCUT2D eigenvalue weighted by Crippen LogP contribution is -2.48. The molecular weight excluding hydrogens is 313 g/mol. The maximum atomic E-state index is 12.0. The third-order valence-corrected chi connectivity index (χ3v) is 3.93. The van der Waals surface area contributed by atoms with Crippen LogP contribution in [-0.2, 0) is 16.0 Å². The second-order valence-electron chi connectivity index (χ2n) is 5.77. The number of urea groups is 1. The van der Waals surface area contributed by atoms with E-state index in [0.29, 0.717) is 0 Å². The van der Waals surface area contributed by atoms with E-state index in [1.807, 2.05) is 31.2 Å². The van der Waals surface area contributed by atoms with E-state index in [2.05, 4.69) is 16.0 Å². The largest absolute Gasteiger partial charge is 0.475 e. The van der Waals surface area contributed by atoms with Crippen LogP contribution in [0, 0.1) is 6.92 Å².